The topological polar surface area (TPSA) is 23.8 Å². The van der Waals surface area contributed by atoms with Gasteiger partial charge in [0.15, 0.2) is 0 Å². The molecule has 0 N–H and O–H groups in total. The van der Waals surface area contributed by atoms with Crippen LogP contribution in [0.1, 0.15) is 66.0 Å². The molecule has 0 saturated carbocycles. The Morgan fingerprint density at radius 3 is 2.10 bits per heavy atom. The Labute approximate surface area is 187 Å². The van der Waals surface area contributed by atoms with Crippen molar-refractivity contribution in [2.24, 2.45) is 5.41 Å². The number of rotatable bonds is 6. The molecular weight excluding hydrogens is 374 g/mol. The number of nitrogens with zero attached hydrogens (tertiary/aromatic N) is 1. The van der Waals surface area contributed by atoms with E-state index in [1.807, 2.05) is 0 Å². The van der Waals surface area contributed by atoms with Crippen molar-refractivity contribution in [2.45, 2.75) is 64.7 Å². The molecule has 3 aromatic carbocycles. The van der Waals surface area contributed by atoms with E-state index in [1.165, 1.54) is 33.4 Å². The van der Waals surface area contributed by atoms with Crippen molar-refractivity contribution in [3.63, 3.8) is 0 Å². The third-order valence-corrected chi connectivity index (χ3v) is 6.95. The highest BCUT2D eigenvalue weighted by atomic mass is 14.4. The highest BCUT2D eigenvalue weighted by Crippen LogP contribution is 2.41. The Morgan fingerprint density at radius 1 is 0.806 bits per heavy atom. The minimum atomic E-state index is -0.387. The van der Waals surface area contributed by atoms with Crippen LogP contribution < -0.4 is 0 Å². The Morgan fingerprint density at radius 2 is 1.42 bits per heavy atom. The minimum Gasteiger partial charge on any atom is -0.198 e. The van der Waals surface area contributed by atoms with Crippen LogP contribution in [0.3, 0.4) is 0 Å². The molecule has 4 aliphatic rings. The van der Waals surface area contributed by atoms with E-state index >= 15 is 0 Å². The Bertz CT molecular complexity index is 1040. The van der Waals surface area contributed by atoms with E-state index in [-0.39, 0.29) is 11.3 Å². The zero-order chi connectivity index (χ0) is 21.7. The molecule has 7 rings (SSSR count). The van der Waals surface area contributed by atoms with Crippen molar-refractivity contribution in [1.82, 2.24) is 0 Å². The van der Waals surface area contributed by atoms with Gasteiger partial charge in [-0.05, 0) is 92.2 Å². The summed E-state index contributed by atoms with van der Waals surface area (Å²) in [6.07, 6.45) is 7.42. The standard InChI is InChI=1S/C30H33N/c1-30(2,22-31)29(10-6-9-23-7-4-3-5-8-23)28-21-26-16-15-24-11-13-25(14-12-24)17-19-27(28)20-18-26/h3-5,7-8,11-14,18,20-21,29H,6,9-10,15-17,19H2,1-2H3. The normalized spacial score (nSPS) is 14.5. The largest absolute Gasteiger partial charge is 0.198 e. The van der Waals surface area contributed by atoms with Crippen LogP contribution in [0.4, 0.5) is 0 Å². The molecule has 1 unspecified atom stereocenters. The van der Waals surface area contributed by atoms with Crippen LogP contribution in [0.15, 0.2) is 72.8 Å². The van der Waals surface area contributed by atoms with Crippen LogP contribution in [0.25, 0.3) is 0 Å². The first-order chi connectivity index (χ1) is 15.0. The molecule has 0 fully saturated rings. The van der Waals surface area contributed by atoms with Crippen LogP contribution in [-0.2, 0) is 32.1 Å². The van der Waals surface area contributed by atoms with Gasteiger partial charge in [-0.3, -0.25) is 0 Å². The number of aryl methyl sites for hydroxylation is 5. The molecule has 3 aromatic rings. The average molecular weight is 408 g/mol. The van der Waals surface area contributed by atoms with Crippen molar-refractivity contribution >= 4 is 0 Å². The first-order valence-electron chi connectivity index (χ1n) is 11.7. The fraction of sp³-hybridized carbons (Fsp3) is 0.367. The van der Waals surface area contributed by atoms with Gasteiger partial charge in [0.25, 0.3) is 0 Å². The zero-order valence-corrected chi connectivity index (χ0v) is 18.9. The maximum absolute atomic E-state index is 10.0. The molecule has 0 saturated heterocycles. The second-order valence-corrected chi connectivity index (χ2v) is 9.61. The Hall–Kier alpha value is -2.85. The molecule has 0 heterocycles. The molecule has 0 aromatic heterocycles. The third kappa shape index (κ3) is 5.26. The van der Waals surface area contributed by atoms with Crippen molar-refractivity contribution < 1.29 is 0 Å². The molecule has 0 spiro atoms. The zero-order valence-electron chi connectivity index (χ0n) is 18.9. The highest BCUT2D eigenvalue weighted by molar-refractivity contribution is 5.39. The van der Waals surface area contributed by atoms with E-state index in [1.54, 1.807) is 0 Å². The van der Waals surface area contributed by atoms with Crippen molar-refractivity contribution in [3.8, 4) is 6.07 Å². The van der Waals surface area contributed by atoms with Crippen LogP contribution in [0.5, 0.6) is 0 Å². The summed E-state index contributed by atoms with van der Waals surface area (Å²) in [4.78, 5) is 0. The van der Waals surface area contributed by atoms with E-state index in [9.17, 15) is 5.26 Å². The summed E-state index contributed by atoms with van der Waals surface area (Å²) in [5.74, 6) is 0.250. The highest BCUT2D eigenvalue weighted by Gasteiger charge is 2.32. The summed E-state index contributed by atoms with van der Waals surface area (Å²) < 4.78 is 0. The summed E-state index contributed by atoms with van der Waals surface area (Å²) in [7, 11) is 0. The summed E-state index contributed by atoms with van der Waals surface area (Å²) in [6.45, 7) is 4.25. The van der Waals surface area contributed by atoms with E-state index in [0.29, 0.717) is 0 Å². The number of hydrogen-bond donors (Lipinski definition) is 0. The molecule has 4 aliphatic carbocycles. The number of nitriles is 1. The van der Waals surface area contributed by atoms with Gasteiger partial charge in [-0.25, -0.2) is 0 Å². The van der Waals surface area contributed by atoms with Crippen molar-refractivity contribution in [2.75, 3.05) is 0 Å². The molecule has 31 heavy (non-hydrogen) atoms. The quantitative estimate of drug-likeness (QED) is 0.423. The first kappa shape index (κ1) is 21.4. The molecule has 1 atom stereocenters. The summed E-state index contributed by atoms with van der Waals surface area (Å²) in [5, 5.41) is 10.0. The van der Waals surface area contributed by atoms with Gasteiger partial charge in [-0.15, -0.1) is 0 Å². The van der Waals surface area contributed by atoms with Gasteiger partial charge in [0.1, 0.15) is 0 Å². The van der Waals surface area contributed by atoms with Crippen LogP contribution in [0.2, 0.25) is 0 Å². The SMILES string of the molecule is CC(C)(C#N)C(CCCc1ccccc1)c1cc2ccc1CCc1ccc(cc1)CC2. The van der Waals surface area contributed by atoms with Crippen LogP contribution in [-0.4, -0.2) is 0 Å². The molecule has 1 nitrogen and oxygen atoms in total. The van der Waals surface area contributed by atoms with Gasteiger partial charge in [0.2, 0.25) is 0 Å². The number of benzene rings is 3. The molecular formula is C30H33N. The van der Waals surface area contributed by atoms with Gasteiger partial charge in [-0.2, -0.15) is 5.26 Å². The molecule has 0 amide bonds. The summed E-state index contributed by atoms with van der Waals surface area (Å²) in [5.41, 5.74) is 8.03. The van der Waals surface area contributed by atoms with Crippen LogP contribution >= 0.6 is 0 Å². The average Bonchev–Trinajstić information content (AvgIpc) is 2.79. The van der Waals surface area contributed by atoms with Gasteiger partial charge in [-0.1, -0.05) is 72.8 Å². The number of hydrogen-bond acceptors (Lipinski definition) is 1. The van der Waals surface area contributed by atoms with Gasteiger partial charge in [0.05, 0.1) is 11.5 Å². The van der Waals surface area contributed by atoms with Crippen LogP contribution in [0, 0.1) is 16.7 Å². The third-order valence-electron chi connectivity index (χ3n) is 6.95. The fourth-order valence-electron chi connectivity index (χ4n) is 4.93. The lowest BCUT2D eigenvalue weighted by molar-refractivity contribution is 0.356. The molecule has 0 radical (unpaired) electrons. The maximum atomic E-state index is 10.0. The predicted molar refractivity (Wildman–Crippen MR) is 129 cm³/mol. The summed E-state index contributed by atoms with van der Waals surface area (Å²) >= 11 is 0. The van der Waals surface area contributed by atoms with E-state index < -0.39 is 0 Å². The van der Waals surface area contributed by atoms with Gasteiger partial charge < -0.3 is 0 Å². The Kier molecular flexibility index (Phi) is 6.57. The monoisotopic (exact) mass is 407 g/mol. The van der Waals surface area contributed by atoms with E-state index in [0.717, 1.165) is 44.9 Å². The van der Waals surface area contributed by atoms with Crippen molar-refractivity contribution in [3.05, 3.63) is 106 Å². The smallest absolute Gasteiger partial charge is 0.0690 e. The minimum absolute atomic E-state index is 0.250. The first-order valence-corrected chi connectivity index (χ1v) is 11.7. The molecule has 4 bridgehead atoms. The lowest BCUT2D eigenvalue weighted by Crippen LogP contribution is -2.22. The molecule has 158 valence electrons. The molecule has 0 aliphatic heterocycles. The summed E-state index contributed by atoms with van der Waals surface area (Å²) in [6, 6.07) is 29.6. The predicted octanol–water partition coefficient (Wildman–Crippen LogP) is 7.23. The van der Waals surface area contributed by atoms with E-state index in [2.05, 4.69) is 92.7 Å². The lowest BCUT2D eigenvalue weighted by Gasteiger charge is -2.31. The van der Waals surface area contributed by atoms with Crippen molar-refractivity contribution in [1.29, 1.82) is 5.26 Å². The fourth-order valence-corrected chi connectivity index (χ4v) is 4.93. The van der Waals surface area contributed by atoms with Gasteiger partial charge in [0, 0.05) is 5.92 Å². The second kappa shape index (κ2) is 9.52. The maximum Gasteiger partial charge on any atom is 0.0690 e. The Balaban J connectivity index is 1.63. The lowest BCUT2D eigenvalue weighted by atomic mass is 9.71. The van der Waals surface area contributed by atoms with Gasteiger partial charge >= 0.3 is 0 Å². The van der Waals surface area contributed by atoms with E-state index in [4.69, 9.17) is 0 Å². The second-order valence-electron chi connectivity index (χ2n) is 9.61. The molecule has 1 heteroatoms.